The molecule has 0 bridgehead atoms. The number of benzene rings is 1. The highest BCUT2D eigenvalue weighted by Gasteiger charge is 2.15. The number of nitrogens with zero attached hydrogens (tertiary/aromatic N) is 1. The average molecular weight is 260 g/mol. The number of hydrogen-bond donors (Lipinski definition) is 1. The summed E-state index contributed by atoms with van der Waals surface area (Å²) in [5, 5.41) is 2.71. The van der Waals surface area contributed by atoms with Crippen LogP contribution in [0.25, 0.3) is 11.3 Å². The lowest BCUT2D eigenvalue weighted by atomic mass is 10.1. The van der Waals surface area contributed by atoms with Crippen LogP contribution in [-0.4, -0.2) is 17.3 Å². The van der Waals surface area contributed by atoms with Crippen molar-refractivity contribution in [1.29, 1.82) is 0 Å². The minimum absolute atomic E-state index is 0.422. The quantitative estimate of drug-likeness (QED) is 0.859. The second-order valence-electron chi connectivity index (χ2n) is 4.19. The first-order valence-electron chi connectivity index (χ1n) is 6.29. The average Bonchev–Trinajstić information content (AvgIpc) is 2.82. The first-order valence-corrected chi connectivity index (χ1v) is 6.29. The summed E-state index contributed by atoms with van der Waals surface area (Å²) in [4.78, 5) is 23.3. The fourth-order valence-electron chi connectivity index (χ4n) is 1.74. The van der Waals surface area contributed by atoms with Crippen molar-refractivity contribution < 1.29 is 9.32 Å². The molecule has 5 heteroatoms. The standard InChI is InChI=1S/C14H16N2O3/c1-2-3-9-15-14(18)16-12(10-13(17)19-16)11-7-5-4-6-8-11/h4-8,10H,2-3,9H2,1H3,(H,15,18). The number of carbonyl (C=O) groups excluding carboxylic acids is 1. The van der Waals surface area contributed by atoms with E-state index in [2.05, 4.69) is 5.32 Å². The Balaban J connectivity index is 2.26. The molecule has 19 heavy (non-hydrogen) atoms. The Morgan fingerprint density at radius 3 is 2.74 bits per heavy atom. The smallest absolute Gasteiger partial charge is 0.335 e. The van der Waals surface area contributed by atoms with Gasteiger partial charge >= 0.3 is 11.7 Å². The van der Waals surface area contributed by atoms with Crippen molar-refractivity contribution in [2.75, 3.05) is 6.54 Å². The second kappa shape index (κ2) is 6.04. The van der Waals surface area contributed by atoms with Gasteiger partial charge in [-0.15, -0.1) is 4.74 Å². The first-order chi connectivity index (χ1) is 9.22. The van der Waals surface area contributed by atoms with Gasteiger partial charge in [0, 0.05) is 12.1 Å². The molecule has 1 N–H and O–H groups in total. The minimum Gasteiger partial charge on any atom is -0.335 e. The number of nitrogens with one attached hydrogen (secondary N) is 1. The monoisotopic (exact) mass is 260 g/mol. The highest BCUT2D eigenvalue weighted by atomic mass is 16.5. The van der Waals surface area contributed by atoms with Gasteiger partial charge < -0.3 is 9.84 Å². The normalized spacial score (nSPS) is 10.4. The van der Waals surface area contributed by atoms with Gasteiger partial charge in [0.25, 0.3) is 0 Å². The maximum Gasteiger partial charge on any atom is 0.358 e. The molecule has 1 amide bonds. The lowest BCUT2D eigenvalue weighted by Gasteiger charge is -2.06. The molecule has 0 saturated heterocycles. The van der Waals surface area contributed by atoms with Crippen LogP contribution in [0.3, 0.4) is 0 Å². The summed E-state index contributed by atoms with van der Waals surface area (Å²) < 4.78 is 5.92. The summed E-state index contributed by atoms with van der Waals surface area (Å²) in [5.74, 6) is 0. The molecule has 0 aliphatic rings. The Morgan fingerprint density at radius 1 is 1.32 bits per heavy atom. The van der Waals surface area contributed by atoms with Gasteiger partial charge in [0.2, 0.25) is 0 Å². The molecule has 0 unspecified atom stereocenters. The summed E-state index contributed by atoms with van der Waals surface area (Å²) in [5.41, 5.74) is 0.683. The van der Waals surface area contributed by atoms with Crippen LogP contribution in [0.4, 0.5) is 4.79 Å². The van der Waals surface area contributed by atoms with Crippen molar-refractivity contribution in [3.8, 4) is 11.3 Å². The van der Waals surface area contributed by atoms with Gasteiger partial charge in [-0.3, -0.25) is 0 Å². The van der Waals surface area contributed by atoms with E-state index in [9.17, 15) is 9.59 Å². The summed E-state index contributed by atoms with van der Waals surface area (Å²) in [6.07, 6.45) is 1.87. The molecule has 1 aromatic heterocycles. The van der Waals surface area contributed by atoms with Gasteiger partial charge in [-0.2, -0.15) is 0 Å². The molecular weight excluding hydrogens is 244 g/mol. The number of amides is 1. The number of hydrogen-bond acceptors (Lipinski definition) is 3. The Kier molecular flexibility index (Phi) is 4.18. The van der Waals surface area contributed by atoms with Gasteiger partial charge in [-0.1, -0.05) is 43.7 Å². The van der Waals surface area contributed by atoms with Gasteiger partial charge in [0.1, 0.15) is 5.69 Å². The molecule has 0 spiro atoms. The van der Waals surface area contributed by atoms with Crippen molar-refractivity contribution in [1.82, 2.24) is 10.1 Å². The molecule has 0 saturated carbocycles. The van der Waals surface area contributed by atoms with Gasteiger partial charge in [-0.05, 0) is 6.42 Å². The predicted octanol–water partition coefficient (Wildman–Crippen LogP) is 2.47. The van der Waals surface area contributed by atoms with E-state index in [0.717, 1.165) is 23.1 Å². The van der Waals surface area contributed by atoms with Crippen LogP contribution in [0, 0.1) is 0 Å². The van der Waals surface area contributed by atoms with E-state index in [1.54, 1.807) is 0 Å². The molecule has 0 fully saturated rings. The SMILES string of the molecule is CCCCNC(=O)n1oc(=O)cc1-c1ccccc1. The maximum atomic E-state index is 11.9. The van der Waals surface area contributed by atoms with Gasteiger partial charge in [0.05, 0.1) is 6.07 Å². The van der Waals surface area contributed by atoms with E-state index in [-0.39, 0.29) is 0 Å². The Hall–Kier alpha value is -2.30. The molecule has 0 aliphatic carbocycles. The number of aromatic nitrogens is 1. The molecule has 100 valence electrons. The first kappa shape index (κ1) is 13.1. The van der Waals surface area contributed by atoms with Crippen LogP contribution in [0.15, 0.2) is 45.7 Å². The van der Waals surface area contributed by atoms with Gasteiger partial charge in [-0.25, -0.2) is 9.59 Å². The Bertz CT molecular complexity index is 599. The van der Waals surface area contributed by atoms with E-state index < -0.39 is 11.7 Å². The van der Waals surface area contributed by atoms with E-state index in [0.29, 0.717) is 12.2 Å². The maximum absolute atomic E-state index is 11.9. The number of rotatable bonds is 4. The number of unbranched alkanes of at least 4 members (excludes halogenated alkanes) is 1. The molecule has 0 radical (unpaired) electrons. The predicted molar refractivity (Wildman–Crippen MR) is 72.1 cm³/mol. The van der Waals surface area contributed by atoms with Crippen LogP contribution < -0.4 is 10.9 Å². The second-order valence-corrected chi connectivity index (χ2v) is 4.19. The summed E-state index contributed by atoms with van der Waals surface area (Å²) in [7, 11) is 0. The van der Waals surface area contributed by atoms with Crippen molar-refractivity contribution >= 4 is 6.03 Å². The van der Waals surface area contributed by atoms with Crippen LogP contribution in [-0.2, 0) is 0 Å². The molecule has 1 heterocycles. The van der Waals surface area contributed by atoms with Crippen LogP contribution in [0.5, 0.6) is 0 Å². The van der Waals surface area contributed by atoms with Crippen LogP contribution in [0.2, 0.25) is 0 Å². The van der Waals surface area contributed by atoms with E-state index in [1.807, 2.05) is 37.3 Å². The molecule has 0 atom stereocenters. The molecule has 5 nitrogen and oxygen atoms in total. The summed E-state index contributed by atoms with van der Waals surface area (Å²) in [6, 6.07) is 10.1. The van der Waals surface area contributed by atoms with Crippen molar-refractivity contribution in [3.05, 3.63) is 46.8 Å². The van der Waals surface area contributed by atoms with Crippen LogP contribution in [0.1, 0.15) is 19.8 Å². The topological polar surface area (TPSA) is 64.2 Å². The number of carbonyl (C=O) groups is 1. The minimum atomic E-state index is -0.538. The van der Waals surface area contributed by atoms with E-state index in [4.69, 9.17) is 4.52 Å². The van der Waals surface area contributed by atoms with Crippen molar-refractivity contribution in [2.24, 2.45) is 0 Å². The van der Waals surface area contributed by atoms with Gasteiger partial charge in [0.15, 0.2) is 0 Å². The third-order valence-electron chi connectivity index (χ3n) is 2.72. The molecule has 2 aromatic rings. The van der Waals surface area contributed by atoms with Crippen molar-refractivity contribution in [3.63, 3.8) is 0 Å². The fraction of sp³-hybridized carbons (Fsp3) is 0.286. The zero-order valence-corrected chi connectivity index (χ0v) is 10.8. The third kappa shape index (κ3) is 3.13. The van der Waals surface area contributed by atoms with E-state index >= 15 is 0 Å². The van der Waals surface area contributed by atoms with E-state index in [1.165, 1.54) is 6.07 Å². The van der Waals surface area contributed by atoms with Crippen LogP contribution >= 0.6 is 0 Å². The Morgan fingerprint density at radius 2 is 2.05 bits per heavy atom. The highest BCUT2D eigenvalue weighted by Crippen LogP contribution is 2.17. The summed E-state index contributed by atoms with van der Waals surface area (Å²) in [6.45, 7) is 2.60. The largest absolute Gasteiger partial charge is 0.358 e. The Labute approximate surface area is 110 Å². The highest BCUT2D eigenvalue weighted by molar-refractivity contribution is 5.80. The molecule has 2 rings (SSSR count). The molecular formula is C14H16N2O3. The van der Waals surface area contributed by atoms with Crippen molar-refractivity contribution in [2.45, 2.75) is 19.8 Å². The fourth-order valence-corrected chi connectivity index (χ4v) is 1.74. The zero-order valence-electron chi connectivity index (χ0n) is 10.8. The lowest BCUT2D eigenvalue weighted by molar-refractivity contribution is 0.208. The lowest BCUT2D eigenvalue weighted by Crippen LogP contribution is -2.29. The molecule has 1 aromatic carbocycles. The molecule has 0 aliphatic heterocycles. The summed E-state index contributed by atoms with van der Waals surface area (Å²) >= 11 is 0. The zero-order chi connectivity index (χ0) is 13.7. The third-order valence-corrected chi connectivity index (χ3v) is 2.72.